The number of fused-ring (bicyclic) bond motifs is 1. The largest absolute Gasteiger partial charge is 0.394 e. The van der Waals surface area contributed by atoms with Crippen LogP contribution in [0.4, 0.5) is 11.8 Å². The van der Waals surface area contributed by atoms with Gasteiger partial charge in [0.1, 0.15) is 18.3 Å². The molecule has 5 N–H and O–H groups in total. The Bertz CT molecular complexity index is 850. The molecule has 0 spiro atoms. The number of imidazole rings is 1. The minimum absolute atomic E-state index is 0.367. The van der Waals surface area contributed by atoms with Crippen molar-refractivity contribution in [2.45, 2.75) is 75.1 Å². The third-order valence-corrected chi connectivity index (χ3v) is 5.82. The van der Waals surface area contributed by atoms with Crippen molar-refractivity contribution in [2.75, 3.05) is 17.2 Å². The molecule has 3 aliphatic rings. The summed E-state index contributed by atoms with van der Waals surface area (Å²) in [6, 6.07) is 0.757. The van der Waals surface area contributed by atoms with Gasteiger partial charge in [0.05, 0.1) is 12.9 Å². The molecule has 1 saturated heterocycles. The first-order chi connectivity index (χ1) is 13.6. The summed E-state index contributed by atoms with van der Waals surface area (Å²) < 4.78 is 7.28. The van der Waals surface area contributed by atoms with Gasteiger partial charge in [-0.05, 0) is 25.7 Å². The lowest BCUT2D eigenvalue weighted by molar-refractivity contribution is -0.0511. The standard InChI is InChI=1S/C18H26N6O4/c25-7-11-13(26)14(27)17(28-11)24-8-19-12-15(20-9-3-1-2-4-9)22-18(23-16(12)24)21-10-5-6-10/h8-11,13-14,17,25-27H,1-7H2,(H2,20,21,22,23)/t11-,13-,14-,17-/m1/s1. The first-order valence-corrected chi connectivity index (χ1v) is 10.0. The van der Waals surface area contributed by atoms with Gasteiger partial charge in [-0.1, -0.05) is 12.8 Å². The lowest BCUT2D eigenvalue weighted by Gasteiger charge is -2.18. The van der Waals surface area contributed by atoms with Crippen LogP contribution in [0.15, 0.2) is 6.33 Å². The number of nitrogens with zero attached hydrogens (tertiary/aromatic N) is 4. The summed E-state index contributed by atoms with van der Waals surface area (Å²) in [7, 11) is 0. The van der Waals surface area contributed by atoms with E-state index in [1.807, 2.05) is 0 Å². The van der Waals surface area contributed by atoms with E-state index >= 15 is 0 Å². The minimum Gasteiger partial charge on any atom is -0.394 e. The molecular formula is C18H26N6O4. The van der Waals surface area contributed by atoms with Crippen molar-refractivity contribution in [3.63, 3.8) is 0 Å². The van der Waals surface area contributed by atoms with Gasteiger partial charge >= 0.3 is 0 Å². The highest BCUT2D eigenvalue weighted by Gasteiger charge is 2.44. The van der Waals surface area contributed by atoms with E-state index in [4.69, 9.17) is 4.74 Å². The second kappa shape index (κ2) is 7.11. The topological polar surface area (TPSA) is 138 Å². The first-order valence-electron chi connectivity index (χ1n) is 10.0. The van der Waals surface area contributed by atoms with Crippen LogP contribution in [0.2, 0.25) is 0 Å². The molecule has 1 aliphatic heterocycles. The molecule has 0 bridgehead atoms. The molecule has 10 nitrogen and oxygen atoms in total. The average molecular weight is 390 g/mol. The summed E-state index contributed by atoms with van der Waals surface area (Å²) in [4.78, 5) is 13.7. The number of hydrogen-bond acceptors (Lipinski definition) is 9. The molecule has 0 aromatic carbocycles. The lowest BCUT2D eigenvalue weighted by atomic mass is 10.1. The number of hydrogen-bond donors (Lipinski definition) is 5. The van der Waals surface area contributed by atoms with Crippen LogP contribution in [0.3, 0.4) is 0 Å². The SMILES string of the molecule is OC[C@H]1O[C@@H](n2cnc3c(NC4CCCC4)nc(NC4CC4)nc32)[C@H](O)[C@@H]1O. The molecule has 2 aromatic rings. The normalized spacial score (nSPS) is 31.0. The van der Waals surface area contributed by atoms with Crippen LogP contribution < -0.4 is 10.6 Å². The van der Waals surface area contributed by atoms with Gasteiger partial charge in [-0.15, -0.1) is 0 Å². The molecule has 2 aliphatic carbocycles. The van der Waals surface area contributed by atoms with Gasteiger partial charge in [-0.2, -0.15) is 9.97 Å². The monoisotopic (exact) mass is 390 g/mol. The van der Waals surface area contributed by atoms with Crippen LogP contribution >= 0.6 is 0 Å². The lowest BCUT2D eigenvalue weighted by Crippen LogP contribution is -2.33. The molecular weight excluding hydrogens is 364 g/mol. The smallest absolute Gasteiger partial charge is 0.227 e. The molecule has 10 heteroatoms. The van der Waals surface area contributed by atoms with Crippen molar-refractivity contribution in [3.05, 3.63) is 6.33 Å². The third kappa shape index (κ3) is 3.20. The van der Waals surface area contributed by atoms with Gasteiger partial charge in [0.15, 0.2) is 23.2 Å². The first kappa shape index (κ1) is 18.0. The fourth-order valence-corrected chi connectivity index (χ4v) is 4.05. The maximum atomic E-state index is 10.4. The minimum atomic E-state index is -1.18. The Kier molecular flexibility index (Phi) is 4.58. The Morgan fingerprint density at radius 3 is 2.46 bits per heavy atom. The van der Waals surface area contributed by atoms with E-state index in [9.17, 15) is 15.3 Å². The van der Waals surface area contributed by atoms with Crippen molar-refractivity contribution < 1.29 is 20.1 Å². The maximum Gasteiger partial charge on any atom is 0.227 e. The highest BCUT2D eigenvalue weighted by Crippen LogP contribution is 2.34. The van der Waals surface area contributed by atoms with E-state index < -0.39 is 24.5 Å². The number of aliphatic hydroxyl groups excluding tert-OH is 3. The summed E-state index contributed by atoms with van der Waals surface area (Å²) in [6.07, 6.45) is 4.28. The van der Waals surface area contributed by atoms with Gasteiger partial charge in [-0.3, -0.25) is 4.57 Å². The van der Waals surface area contributed by atoms with Crippen LogP contribution in [-0.4, -0.2) is 71.8 Å². The molecule has 3 fully saturated rings. The van der Waals surface area contributed by atoms with Crippen molar-refractivity contribution in [3.8, 4) is 0 Å². The van der Waals surface area contributed by atoms with Gasteiger partial charge < -0.3 is 30.7 Å². The molecule has 4 atom stereocenters. The van der Waals surface area contributed by atoms with Crippen molar-refractivity contribution in [1.82, 2.24) is 19.5 Å². The van der Waals surface area contributed by atoms with E-state index in [-0.39, 0.29) is 6.61 Å². The summed E-state index contributed by atoms with van der Waals surface area (Å²) in [5, 5.41) is 36.7. The van der Waals surface area contributed by atoms with Gasteiger partial charge in [0.2, 0.25) is 5.95 Å². The Morgan fingerprint density at radius 2 is 1.79 bits per heavy atom. The maximum absolute atomic E-state index is 10.4. The highest BCUT2D eigenvalue weighted by molar-refractivity contribution is 5.84. The highest BCUT2D eigenvalue weighted by atomic mass is 16.6. The summed E-state index contributed by atoms with van der Waals surface area (Å²) in [5.74, 6) is 1.19. The van der Waals surface area contributed by atoms with Crippen LogP contribution in [0, 0.1) is 0 Å². The predicted octanol–water partition coefficient (Wildman–Crippen LogP) is 0.367. The van der Waals surface area contributed by atoms with E-state index in [0.717, 1.165) is 25.7 Å². The summed E-state index contributed by atoms with van der Waals surface area (Å²) in [6.45, 7) is -0.376. The van der Waals surface area contributed by atoms with E-state index in [1.54, 1.807) is 10.9 Å². The second-order valence-electron chi connectivity index (χ2n) is 7.99. The van der Waals surface area contributed by atoms with Crippen molar-refractivity contribution in [2.24, 2.45) is 0 Å². The predicted molar refractivity (Wildman–Crippen MR) is 101 cm³/mol. The second-order valence-corrected chi connectivity index (χ2v) is 7.99. The van der Waals surface area contributed by atoms with Crippen molar-refractivity contribution in [1.29, 1.82) is 0 Å². The number of aliphatic hydroxyl groups is 3. The third-order valence-electron chi connectivity index (χ3n) is 5.82. The molecule has 2 aromatic heterocycles. The Hall–Kier alpha value is -2.01. The number of aromatic nitrogens is 4. The van der Waals surface area contributed by atoms with Crippen LogP contribution in [0.5, 0.6) is 0 Å². The fourth-order valence-electron chi connectivity index (χ4n) is 4.05. The molecule has 0 radical (unpaired) electrons. The molecule has 0 unspecified atom stereocenters. The zero-order chi connectivity index (χ0) is 19.3. The number of anilines is 2. The Balaban J connectivity index is 1.53. The van der Waals surface area contributed by atoms with Gasteiger partial charge in [-0.25, -0.2) is 4.98 Å². The molecule has 0 amide bonds. The van der Waals surface area contributed by atoms with Gasteiger partial charge in [0, 0.05) is 12.1 Å². The van der Waals surface area contributed by atoms with Crippen LogP contribution in [0.25, 0.3) is 11.2 Å². The van der Waals surface area contributed by atoms with E-state index in [2.05, 4.69) is 25.6 Å². The summed E-state index contributed by atoms with van der Waals surface area (Å²) in [5.41, 5.74) is 1.12. The van der Waals surface area contributed by atoms with Gasteiger partial charge in [0.25, 0.3) is 0 Å². The molecule has 5 rings (SSSR count). The van der Waals surface area contributed by atoms with Crippen LogP contribution in [-0.2, 0) is 4.74 Å². The quantitative estimate of drug-likeness (QED) is 0.473. The number of nitrogens with one attached hydrogen (secondary N) is 2. The zero-order valence-electron chi connectivity index (χ0n) is 15.5. The average Bonchev–Trinajstić information content (AvgIpc) is 3.07. The van der Waals surface area contributed by atoms with E-state index in [1.165, 1.54) is 12.8 Å². The molecule has 152 valence electrons. The Labute approximate surface area is 162 Å². The van der Waals surface area contributed by atoms with Crippen molar-refractivity contribution >= 4 is 22.9 Å². The van der Waals surface area contributed by atoms with E-state index in [0.29, 0.717) is 35.0 Å². The van der Waals surface area contributed by atoms with Crippen LogP contribution in [0.1, 0.15) is 44.8 Å². The molecule has 3 heterocycles. The number of rotatable bonds is 6. The fraction of sp³-hybridized carbons (Fsp3) is 0.722. The molecule has 2 saturated carbocycles. The molecule has 28 heavy (non-hydrogen) atoms. The Morgan fingerprint density at radius 1 is 1.04 bits per heavy atom. The summed E-state index contributed by atoms with van der Waals surface area (Å²) >= 11 is 0. The zero-order valence-corrected chi connectivity index (χ0v) is 15.5. The number of ether oxygens (including phenoxy) is 1.